The van der Waals surface area contributed by atoms with Crippen molar-refractivity contribution in [3.05, 3.63) is 11.6 Å². The van der Waals surface area contributed by atoms with E-state index in [1.165, 1.54) is 0 Å². The number of Topliss-reactive ketones (excluding diaryl/α,β-unsaturated/α-hetero) is 2. The van der Waals surface area contributed by atoms with Crippen LogP contribution < -0.4 is 0 Å². The highest BCUT2D eigenvalue weighted by molar-refractivity contribution is 6.09. The van der Waals surface area contributed by atoms with Crippen LogP contribution in [0.3, 0.4) is 0 Å². The lowest BCUT2D eigenvalue weighted by molar-refractivity contribution is -0.171. The maximum atomic E-state index is 12.4. The van der Waals surface area contributed by atoms with Crippen LogP contribution in [0.15, 0.2) is 11.6 Å². The van der Waals surface area contributed by atoms with E-state index >= 15 is 0 Å². The van der Waals surface area contributed by atoms with Crippen LogP contribution in [0.5, 0.6) is 0 Å². The highest BCUT2D eigenvalue weighted by Gasteiger charge is 2.51. The highest BCUT2D eigenvalue weighted by Crippen LogP contribution is 2.58. The second-order valence-electron chi connectivity index (χ2n) is 7.53. The second kappa shape index (κ2) is 5.50. The van der Waals surface area contributed by atoms with Crippen LogP contribution in [0.25, 0.3) is 0 Å². The van der Waals surface area contributed by atoms with Crippen LogP contribution in [-0.4, -0.2) is 17.7 Å². The van der Waals surface area contributed by atoms with Crippen molar-refractivity contribution in [1.29, 1.82) is 0 Å². The smallest absolute Gasteiger partial charge is 0.294 e. The molecule has 0 bridgehead atoms. The van der Waals surface area contributed by atoms with Crippen LogP contribution in [0.2, 0.25) is 0 Å². The third-order valence-electron chi connectivity index (χ3n) is 5.59. The number of ketones is 2. The van der Waals surface area contributed by atoms with Crippen molar-refractivity contribution in [2.24, 2.45) is 16.7 Å². The molecule has 0 aromatic heterocycles. The number of halogens is 3. The molecule has 0 heterocycles. The lowest BCUT2D eigenvalue weighted by atomic mass is 9.50. The molecule has 2 atom stereocenters. The minimum atomic E-state index is -4.93. The van der Waals surface area contributed by atoms with Crippen molar-refractivity contribution in [3.63, 3.8) is 0 Å². The molecule has 0 N–H and O–H groups in total. The van der Waals surface area contributed by atoms with Gasteiger partial charge in [-0.05, 0) is 48.0 Å². The van der Waals surface area contributed by atoms with Gasteiger partial charge in [0.25, 0.3) is 0 Å². The third-order valence-corrected chi connectivity index (χ3v) is 5.59. The largest absolute Gasteiger partial charge is 0.450 e. The van der Waals surface area contributed by atoms with Gasteiger partial charge in [0.05, 0.1) is 6.42 Å². The van der Waals surface area contributed by atoms with Gasteiger partial charge in [-0.1, -0.05) is 33.3 Å². The Morgan fingerprint density at radius 2 is 1.86 bits per heavy atom. The van der Waals surface area contributed by atoms with Crippen molar-refractivity contribution in [2.45, 2.75) is 65.5 Å². The van der Waals surface area contributed by atoms with Crippen LogP contribution in [0.1, 0.15) is 59.3 Å². The summed E-state index contributed by atoms with van der Waals surface area (Å²) in [5, 5.41) is 0. The van der Waals surface area contributed by atoms with E-state index in [0.29, 0.717) is 12.0 Å². The van der Waals surface area contributed by atoms with Gasteiger partial charge < -0.3 is 0 Å². The Morgan fingerprint density at radius 3 is 2.45 bits per heavy atom. The molecule has 2 aliphatic carbocycles. The Morgan fingerprint density at radius 1 is 1.23 bits per heavy atom. The van der Waals surface area contributed by atoms with Crippen LogP contribution in [-0.2, 0) is 9.59 Å². The molecule has 0 aliphatic heterocycles. The molecule has 0 saturated heterocycles. The van der Waals surface area contributed by atoms with E-state index in [1.54, 1.807) is 6.08 Å². The molecule has 2 nitrogen and oxygen atoms in total. The van der Waals surface area contributed by atoms with Gasteiger partial charge in [-0.2, -0.15) is 13.2 Å². The summed E-state index contributed by atoms with van der Waals surface area (Å²) in [6.45, 7) is 6.33. The minimum Gasteiger partial charge on any atom is -0.294 e. The van der Waals surface area contributed by atoms with Gasteiger partial charge in [-0.3, -0.25) is 9.59 Å². The molecule has 0 unspecified atom stereocenters. The van der Waals surface area contributed by atoms with Crippen LogP contribution >= 0.6 is 0 Å². The third kappa shape index (κ3) is 2.99. The van der Waals surface area contributed by atoms with Crippen molar-refractivity contribution < 1.29 is 22.8 Å². The predicted molar refractivity (Wildman–Crippen MR) is 77.2 cm³/mol. The first-order valence-corrected chi connectivity index (χ1v) is 7.82. The molecule has 0 aromatic carbocycles. The van der Waals surface area contributed by atoms with Crippen molar-refractivity contribution in [1.82, 2.24) is 0 Å². The molecule has 1 saturated carbocycles. The molecule has 0 amide bonds. The molecular formula is C17H23F3O2. The number of allylic oxidation sites excluding steroid dienone is 2. The summed E-state index contributed by atoms with van der Waals surface area (Å²) in [7, 11) is 0. The monoisotopic (exact) mass is 316 g/mol. The first-order valence-electron chi connectivity index (χ1n) is 7.82. The Bertz CT molecular complexity index is 516. The van der Waals surface area contributed by atoms with E-state index in [-0.39, 0.29) is 11.3 Å². The van der Waals surface area contributed by atoms with E-state index in [1.807, 2.05) is 6.92 Å². The Balaban J connectivity index is 2.25. The van der Waals surface area contributed by atoms with E-state index in [4.69, 9.17) is 0 Å². The van der Waals surface area contributed by atoms with Gasteiger partial charge in [0.15, 0.2) is 5.78 Å². The fourth-order valence-electron chi connectivity index (χ4n) is 4.55. The predicted octanol–water partition coefficient (Wildman–Crippen LogP) is 4.63. The standard InChI is InChI=1S/C17H23F3O2/c1-15(2)8-5-9-16(3)11(6-4-7-13(15)16)12(21)10-14(22)17(18,19)20/h6,13H,4-5,7-10H2,1-3H3/t13-,16+/m0/s1. The van der Waals surface area contributed by atoms with Gasteiger partial charge in [-0.25, -0.2) is 0 Å². The Hall–Kier alpha value is -1.13. The second-order valence-corrected chi connectivity index (χ2v) is 7.53. The first kappa shape index (κ1) is 17.2. The fourth-order valence-corrected chi connectivity index (χ4v) is 4.55. The Labute approximate surface area is 129 Å². The number of fused-ring (bicyclic) bond motifs is 1. The fraction of sp³-hybridized carbons (Fsp3) is 0.765. The number of hydrogen-bond acceptors (Lipinski definition) is 2. The summed E-state index contributed by atoms with van der Waals surface area (Å²) in [5.41, 5.74) is 0.123. The quantitative estimate of drug-likeness (QED) is 0.711. The lowest BCUT2D eigenvalue weighted by Crippen LogP contribution is -2.46. The van der Waals surface area contributed by atoms with Crippen LogP contribution in [0.4, 0.5) is 13.2 Å². The molecular weight excluding hydrogens is 293 g/mol. The van der Waals surface area contributed by atoms with Gasteiger partial charge in [-0.15, -0.1) is 0 Å². The summed E-state index contributed by atoms with van der Waals surface area (Å²) < 4.78 is 37.2. The van der Waals surface area contributed by atoms with Crippen molar-refractivity contribution >= 4 is 11.6 Å². The molecule has 0 aromatic rings. The average molecular weight is 316 g/mol. The zero-order valence-electron chi connectivity index (χ0n) is 13.3. The summed E-state index contributed by atoms with van der Waals surface area (Å²) in [4.78, 5) is 23.5. The Kier molecular flexibility index (Phi) is 4.31. The number of hydrogen-bond donors (Lipinski definition) is 0. The summed E-state index contributed by atoms with van der Waals surface area (Å²) in [5.74, 6) is -2.31. The molecule has 0 spiro atoms. The summed E-state index contributed by atoms with van der Waals surface area (Å²) in [6, 6.07) is 0. The molecule has 124 valence electrons. The van der Waals surface area contributed by atoms with E-state index in [9.17, 15) is 22.8 Å². The van der Waals surface area contributed by atoms with Gasteiger partial charge >= 0.3 is 6.18 Å². The molecule has 1 fully saturated rings. The molecule has 2 rings (SSSR count). The first-order chi connectivity index (χ1) is 9.98. The number of alkyl halides is 3. The number of carbonyl (C=O) groups is 2. The van der Waals surface area contributed by atoms with Gasteiger partial charge in [0, 0.05) is 0 Å². The highest BCUT2D eigenvalue weighted by atomic mass is 19.4. The lowest BCUT2D eigenvalue weighted by Gasteiger charge is -2.53. The van der Waals surface area contributed by atoms with E-state index in [2.05, 4.69) is 13.8 Å². The molecule has 2 aliphatic rings. The zero-order chi connectivity index (χ0) is 16.8. The maximum Gasteiger partial charge on any atom is 0.450 e. The normalized spacial score (nSPS) is 31.2. The summed E-state index contributed by atoms with van der Waals surface area (Å²) >= 11 is 0. The SMILES string of the molecule is CC1(C)CCC[C@]2(C)C(C(=O)CC(=O)C(F)(F)F)=CCC[C@@H]12. The molecule has 5 heteroatoms. The van der Waals surface area contributed by atoms with E-state index in [0.717, 1.165) is 25.7 Å². The number of rotatable bonds is 3. The van der Waals surface area contributed by atoms with Crippen molar-refractivity contribution in [2.75, 3.05) is 0 Å². The van der Waals surface area contributed by atoms with Crippen LogP contribution in [0, 0.1) is 16.7 Å². The van der Waals surface area contributed by atoms with Crippen molar-refractivity contribution in [3.8, 4) is 0 Å². The topological polar surface area (TPSA) is 34.1 Å². The van der Waals surface area contributed by atoms with Gasteiger partial charge in [0.1, 0.15) is 0 Å². The zero-order valence-corrected chi connectivity index (χ0v) is 13.3. The maximum absolute atomic E-state index is 12.4. The average Bonchev–Trinajstić information content (AvgIpc) is 2.35. The summed E-state index contributed by atoms with van der Waals surface area (Å²) in [6.07, 6.45) is 0.254. The minimum absolute atomic E-state index is 0.0703. The van der Waals surface area contributed by atoms with E-state index < -0.39 is 29.6 Å². The molecule has 22 heavy (non-hydrogen) atoms. The van der Waals surface area contributed by atoms with Gasteiger partial charge in [0.2, 0.25) is 5.78 Å². The molecule has 0 radical (unpaired) electrons. The number of carbonyl (C=O) groups excluding carboxylic acids is 2.